The summed E-state index contributed by atoms with van der Waals surface area (Å²) < 4.78 is 177. The predicted molar refractivity (Wildman–Crippen MR) is 134 cm³/mol. The smallest absolute Gasteiger partial charge is 0.180 e. The van der Waals surface area contributed by atoms with Crippen molar-refractivity contribution in [3.63, 3.8) is 0 Å². The number of rotatable bonds is 4. The molecule has 0 radical (unpaired) electrons. The molecule has 0 aromatic heterocycles. The number of hydrogen-bond donors (Lipinski definition) is 1. The fraction of sp³-hybridized carbons (Fsp3) is 0.0333. The van der Waals surface area contributed by atoms with Gasteiger partial charge in [0.2, 0.25) is 0 Å². The number of allylic oxidation sites excluding steroid dienone is 6. The molecular weight excluding hydrogens is 658 g/mol. The number of benzene rings is 3. The lowest BCUT2D eigenvalue weighted by Gasteiger charge is -2.09. The SMILES string of the molecule is Cc1c(F)c(F)c(/C(C#N)=C2/C(=C(C#N)c3c(F)c(F)c(C=N)c(F)c3F)/C2=C(/C#N)c2c(F)c(F)c(C#N)c(F)c2F)c(F)c1F. The van der Waals surface area contributed by atoms with Crippen molar-refractivity contribution in [1.29, 1.82) is 26.5 Å². The summed E-state index contributed by atoms with van der Waals surface area (Å²) in [5, 5.41) is 45.2. The van der Waals surface area contributed by atoms with Gasteiger partial charge in [0.1, 0.15) is 29.8 Å². The molecule has 3 aromatic carbocycles. The van der Waals surface area contributed by atoms with Crippen molar-refractivity contribution in [3.8, 4) is 24.3 Å². The summed E-state index contributed by atoms with van der Waals surface area (Å²) in [6.07, 6.45) is -0.180. The molecule has 0 atom stereocenters. The van der Waals surface area contributed by atoms with Gasteiger partial charge in [0, 0.05) is 28.5 Å². The van der Waals surface area contributed by atoms with Gasteiger partial charge < -0.3 is 5.41 Å². The lowest BCUT2D eigenvalue weighted by atomic mass is 9.99. The second kappa shape index (κ2) is 11.9. The molecule has 0 aliphatic heterocycles. The number of nitrogens with zero attached hydrogens (tertiary/aromatic N) is 4. The maximum Gasteiger partial charge on any atom is 0.180 e. The third kappa shape index (κ3) is 4.68. The van der Waals surface area contributed by atoms with E-state index in [-0.39, 0.29) is 6.21 Å². The number of nitrogens with one attached hydrogen (secondary N) is 1. The average molecular weight is 663 g/mol. The van der Waals surface area contributed by atoms with Crippen LogP contribution in [0.1, 0.15) is 33.4 Å². The summed E-state index contributed by atoms with van der Waals surface area (Å²) in [5.74, 6) is -28.1. The van der Waals surface area contributed by atoms with Crippen molar-refractivity contribution in [1.82, 2.24) is 0 Å². The molecule has 0 amide bonds. The Balaban J connectivity index is 2.37. The largest absolute Gasteiger partial charge is 0.308 e. The van der Waals surface area contributed by atoms with E-state index in [1.807, 2.05) is 0 Å². The van der Waals surface area contributed by atoms with Crippen molar-refractivity contribution in [2.45, 2.75) is 6.92 Å². The standard InChI is InChI=1S/C30H5F12N5/c1-7-19(31)25(37)16(26(38)20(7)32)8(2-43)13-14(9(3-44)17-27(39)21(33)11(5-46)22(34)28(17)40)15(13)10(4-45)18-29(41)23(35)12(6-47)24(36)30(18)42/h5,46H,1H3/b13-8-,14-9?,15-10-,46-5?. The van der Waals surface area contributed by atoms with Crippen molar-refractivity contribution in [2.75, 3.05) is 0 Å². The molecule has 234 valence electrons. The second-order valence-electron chi connectivity index (χ2n) is 9.15. The fourth-order valence-corrected chi connectivity index (χ4v) is 4.55. The molecule has 17 heteroatoms. The molecule has 0 saturated heterocycles. The highest BCUT2D eigenvalue weighted by Gasteiger charge is 2.46. The van der Waals surface area contributed by atoms with Gasteiger partial charge in [0.15, 0.2) is 69.8 Å². The first-order chi connectivity index (χ1) is 22.1. The Morgan fingerprint density at radius 2 is 0.745 bits per heavy atom. The Morgan fingerprint density at radius 3 is 1.00 bits per heavy atom. The van der Waals surface area contributed by atoms with Gasteiger partial charge in [0.25, 0.3) is 0 Å². The van der Waals surface area contributed by atoms with E-state index >= 15 is 26.3 Å². The monoisotopic (exact) mass is 663 g/mol. The predicted octanol–water partition coefficient (Wildman–Crippen LogP) is 7.78. The Labute approximate surface area is 253 Å². The van der Waals surface area contributed by atoms with Gasteiger partial charge in [-0.3, -0.25) is 0 Å². The molecule has 0 bridgehead atoms. The van der Waals surface area contributed by atoms with Gasteiger partial charge in [-0.2, -0.15) is 21.0 Å². The van der Waals surface area contributed by atoms with Crippen LogP contribution in [0.4, 0.5) is 52.7 Å². The van der Waals surface area contributed by atoms with E-state index in [9.17, 15) is 42.1 Å². The summed E-state index contributed by atoms with van der Waals surface area (Å²) >= 11 is 0. The number of nitriles is 4. The van der Waals surface area contributed by atoms with Crippen LogP contribution in [-0.4, -0.2) is 6.21 Å². The molecular formula is C30H5F12N5. The van der Waals surface area contributed by atoms with Crippen LogP contribution >= 0.6 is 0 Å². The first kappa shape index (κ1) is 33.6. The first-order valence-corrected chi connectivity index (χ1v) is 12.0. The van der Waals surface area contributed by atoms with E-state index in [4.69, 9.17) is 10.7 Å². The van der Waals surface area contributed by atoms with Crippen LogP contribution in [0.5, 0.6) is 0 Å². The average Bonchev–Trinajstić information content (AvgIpc) is 3.77. The molecule has 1 fully saturated rings. The van der Waals surface area contributed by atoms with Crippen LogP contribution in [0.2, 0.25) is 0 Å². The van der Waals surface area contributed by atoms with Gasteiger partial charge in [-0.25, -0.2) is 52.7 Å². The molecule has 1 saturated carbocycles. The Kier molecular flexibility index (Phi) is 8.48. The van der Waals surface area contributed by atoms with E-state index in [0.717, 1.165) is 24.3 Å². The van der Waals surface area contributed by atoms with E-state index in [1.165, 1.54) is 0 Å². The second-order valence-corrected chi connectivity index (χ2v) is 9.15. The Hall–Kier alpha value is -6.33. The lowest BCUT2D eigenvalue weighted by Crippen LogP contribution is -2.08. The molecule has 0 unspecified atom stereocenters. The summed E-state index contributed by atoms with van der Waals surface area (Å²) in [6.45, 7) is 0.557. The van der Waals surface area contributed by atoms with Crippen LogP contribution < -0.4 is 0 Å². The van der Waals surface area contributed by atoms with E-state index in [2.05, 4.69) is 0 Å². The summed E-state index contributed by atoms with van der Waals surface area (Å²) in [4.78, 5) is 0. The molecule has 0 heterocycles. The third-order valence-electron chi connectivity index (χ3n) is 6.82. The highest BCUT2D eigenvalue weighted by atomic mass is 19.2. The first-order valence-electron chi connectivity index (χ1n) is 12.0. The molecule has 5 nitrogen and oxygen atoms in total. The van der Waals surface area contributed by atoms with Crippen LogP contribution in [0.15, 0.2) is 16.7 Å². The topological polar surface area (TPSA) is 119 Å². The molecule has 1 aliphatic rings. The van der Waals surface area contributed by atoms with Gasteiger partial charge in [-0.05, 0) is 6.92 Å². The van der Waals surface area contributed by atoms with Gasteiger partial charge in [-0.1, -0.05) is 0 Å². The minimum Gasteiger partial charge on any atom is -0.308 e. The van der Waals surface area contributed by atoms with Gasteiger partial charge in [0.05, 0.1) is 39.0 Å². The molecule has 1 N–H and O–H groups in total. The quantitative estimate of drug-likeness (QED) is 0.133. The Bertz CT molecular complexity index is 2200. The van der Waals surface area contributed by atoms with Crippen LogP contribution in [0.3, 0.4) is 0 Å². The van der Waals surface area contributed by atoms with Crippen molar-refractivity contribution >= 4 is 22.9 Å². The van der Waals surface area contributed by atoms with E-state index < -0.39 is 137 Å². The molecule has 47 heavy (non-hydrogen) atoms. The zero-order chi connectivity index (χ0) is 35.4. The zero-order valence-electron chi connectivity index (χ0n) is 22.4. The van der Waals surface area contributed by atoms with E-state index in [1.54, 1.807) is 0 Å². The normalized spacial score (nSPS) is 15.3. The summed E-state index contributed by atoms with van der Waals surface area (Å²) in [5.41, 5.74) is -19.7. The highest BCUT2D eigenvalue weighted by Crippen LogP contribution is 2.57. The van der Waals surface area contributed by atoms with E-state index in [0.29, 0.717) is 6.92 Å². The van der Waals surface area contributed by atoms with Crippen LogP contribution in [0.25, 0.3) is 16.7 Å². The number of halogens is 12. The van der Waals surface area contributed by atoms with Crippen LogP contribution in [0, 0.1) is 127 Å². The fourth-order valence-electron chi connectivity index (χ4n) is 4.55. The number of hydrogen-bond acceptors (Lipinski definition) is 5. The molecule has 3 aromatic rings. The van der Waals surface area contributed by atoms with Gasteiger partial charge in [-0.15, -0.1) is 0 Å². The molecule has 0 spiro atoms. The maximum absolute atomic E-state index is 15.1. The van der Waals surface area contributed by atoms with Crippen molar-refractivity contribution < 1.29 is 52.7 Å². The Morgan fingerprint density at radius 1 is 0.468 bits per heavy atom. The highest BCUT2D eigenvalue weighted by molar-refractivity contribution is 6.12. The summed E-state index contributed by atoms with van der Waals surface area (Å²) in [7, 11) is 0. The zero-order valence-corrected chi connectivity index (χ0v) is 22.4. The third-order valence-corrected chi connectivity index (χ3v) is 6.82. The van der Waals surface area contributed by atoms with Crippen LogP contribution in [-0.2, 0) is 0 Å². The minimum absolute atomic E-state index is 0.180. The van der Waals surface area contributed by atoms with Gasteiger partial charge >= 0.3 is 0 Å². The summed E-state index contributed by atoms with van der Waals surface area (Å²) in [6, 6.07) is 3.84. The maximum atomic E-state index is 15.1. The lowest BCUT2D eigenvalue weighted by molar-refractivity contribution is 0.442. The van der Waals surface area contributed by atoms with Crippen molar-refractivity contribution in [3.05, 3.63) is 120 Å². The minimum atomic E-state index is -2.48. The molecule has 1 aliphatic carbocycles. The van der Waals surface area contributed by atoms with Crippen molar-refractivity contribution in [2.24, 2.45) is 0 Å². The molecule has 4 rings (SSSR count).